The number of ether oxygens (including phenoxy) is 1. The van der Waals surface area contributed by atoms with Crippen LogP contribution in [0.5, 0.6) is 0 Å². The Bertz CT molecular complexity index is 450. The third-order valence-electron chi connectivity index (χ3n) is 3.76. The Morgan fingerprint density at radius 2 is 2.26 bits per heavy atom. The Morgan fingerprint density at radius 1 is 1.53 bits per heavy atom. The molecule has 0 bridgehead atoms. The van der Waals surface area contributed by atoms with Gasteiger partial charge in [0, 0.05) is 6.54 Å². The molecule has 0 aromatic carbocycles. The Labute approximate surface area is 122 Å². The maximum absolute atomic E-state index is 11.4. The standard InChI is InChI=1S/C13H19ClN2O2S/c1-8-5-3-4-6-9(8)7-15-13-16-11(14)10(19-13)12(17)18-2/h8-9H,3-7H2,1-2H3,(H,15,16). The molecule has 1 aliphatic carbocycles. The summed E-state index contributed by atoms with van der Waals surface area (Å²) in [6.45, 7) is 3.20. The third kappa shape index (κ3) is 3.60. The van der Waals surface area contributed by atoms with Crippen LogP contribution in [0.3, 0.4) is 0 Å². The summed E-state index contributed by atoms with van der Waals surface area (Å²) in [4.78, 5) is 16.0. The van der Waals surface area contributed by atoms with Gasteiger partial charge in [0.05, 0.1) is 7.11 Å². The smallest absolute Gasteiger partial charge is 0.351 e. The van der Waals surface area contributed by atoms with E-state index in [1.807, 2.05) is 0 Å². The maximum Gasteiger partial charge on any atom is 0.351 e. The highest BCUT2D eigenvalue weighted by Crippen LogP contribution is 2.31. The van der Waals surface area contributed by atoms with Crippen LogP contribution in [0.1, 0.15) is 42.3 Å². The molecule has 19 heavy (non-hydrogen) atoms. The largest absolute Gasteiger partial charge is 0.465 e. The molecular weight excluding hydrogens is 284 g/mol. The Morgan fingerprint density at radius 3 is 2.95 bits per heavy atom. The van der Waals surface area contributed by atoms with Gasteiger partial charge in [-0.15, -0.1) is 0 Å². The van der Waals surface area contributed by atoms with Gasteiger partial charge in [-0.3, -0.25) is 0 Å². The molecule has 0 saturated heterocycles. The minimum absolute atomic E-state index is 0.219. The number of nitrogens with zero attached hydrogens (tertiary/aromatic N) is 1. The second-order valence-corrected chi connectivity index (χ2v) is 6.39. The molecule has 0 aliphatic heterocycles. The van der Waals surface area contributed by atoms with Crippen LogP contribution in [0, 0.1) is 11.8 Å². The summed E-state index contributed by atoms with van der Waals surface area (Å²) >= 11 is 7.18. The molecule has 1 aliphatic rings. The molecule has 106 valence electrons. The van der Waals surface area contributed by atoms with E-state index in [9.17, 15) is 4.79 Å². The van der Waals surface area contributed by atoms with Gasteiger partial charge in [-0.1, -0.05) is 49.1 Å². The normalized spacial score (nSPS) is 23.1. The second-order valence-electron chi connectivity index (χ2n) is 5.03. The maximum atomic E-state index is 11.4. The molecule has 1 N–H and O–H groups in total. The second kappa shape index (κ2) is 6.57. The van der Waals surface area contributed by atoms with E-state index in [4.69, 9.17) is 11.6 Å². The first-order chi connectivity index (χ1) is 9.11. The molecule has 1 saturated carbocycles. The lowest BCUT2D eigenvalue weighted by atomic mass is 9.80. The van der Waals surface area contributed by atoms with Crippen LogP contribution in [-0.4, -0.2) is 24.6 Å². The Balaban J connectivity index is 1.94. The van der Waals surface area contributed by atoms with Crippen molar-refractivity contribution in [3.05, 3.63) is 10.0 Å². The number of carbonyl (C=O) groups is 1. The summed E-state index contributed by atoms with van der Waals surface area (Å²) in [6, 6.07) is 0. The number of nitrogens with one attached hydrogen (secondary N) is 1. The molecule has 1 heterocycles. The number of methoxy groups -OCH3 is 1. The number of anilines is 1. The van der Waals surface area contributed by atoms with Gasteiger partial charge in [0.2, 0.25) is 0 Å². The van der Waals surface area contributed by atoms with Crippen LogP contribution < -0.4 is 5.32 Å². The first-order valence-electron chi connectivity index (χ1n) is 6.60. The van der Waals surface area contributed by atoms with Crippen molar-refractivity contribution in [1.82, 2.24) is 4.98 Å². The number of carbonyl (C=O) groups excluding carboxylic acids is 1. The molecule has 0 amide bonds. The third-order valence-corrected chi connectivity index (χ3v) is 5.14. The highest BCUT2D eigenvalue weighted by atomic mass is 35.5. The predicted octanol–water partition coefficient (Wildman–Crippen LogP) is 3.82. The van der Waals surface area contributed by atoms with Crippen LogP contribution in [0.4, 0.5) is 5.13 Å². The highest BCUT2D eigenvalue weighted by molar-refractivity contribution is 7.18. The van der Waals surface area contributed by atoms with E-state index < -0.39 is 5.97 Å². The molecule has 2 unspecified atom stereocenters. The van der Waals surface area contributed by atoms with E-state index in [0.29, 0.717) is 15.9 Å². The lowest BCUT2D eigenvalue weighted by Crippen LogP contribution is -2.24. The number of thiazole rings is 1. The van der Waals surface area contributed by atoms with E-state index in [1.165, 1.54) is 44.1 Å². The average molecular weight is 303 g/mol. The van der Waals surface area contributed by atoms with E-state index in [2.05, 4.69) is 22.0 Å². The number of hydrogen-bond donors (Lipinski definition) is 1. The molecule has 0 spiro atoms. The summed E-state index contributed by atoms with van der Waals surface area (Å²) < 4.78 is 4.66. The van der Waals surface area contributed by atoms with Crippen LogP contribution in [-0.2, 0) is 4.74 Å². The van der Waals surface area contributed by atoms with Gasteiger partial charge in [-0.05, 0) is 18.3 Å². The zero-order chi connectivity index (χ0) is 13.8. The minimum atomic E-state index is -0.429. The van der Waals surface area contributed by atoms with Gasteiger partial charge in [0.15, 0.2) is 15.2 Å². The number of aromatic nitrogens is 1. The van der Waals surface area contributed by atoms with Gasteiger partial charge < -0.3 is 10.1 Å². The molecule has 1 aromatic heterocycles. The SMILES string of the molecule is COC(=O)c1sc(NCC2CCCCC2C)nc1Cl. The number of halogens is 1. The number of hydrogen-bond acceptors (Lipinski definition) is 5. The number of rotatable bonds is 4. The monoisotopic (exact) mass is 302 g/mol. The first-order valence-corrected chi connectivity index (χ1v) is 7.79. The fourth-order valence-corrected chi connectivity index (χ4v) is 3.62. The van der Waals surface area contributed by atoms with Crippen LogP contribution >= 0.6 is 22.9 Å². The van der Waals surface area contributed by atoms with Crippen molar-refractivity contribution in [2.75, 3.05) is 19.0 Å². The van der Waals surface area contributed by atoms with Gasteiger partial charge in [-0.2, -0.15) is 0 Å². The zero-order valence-electron chi connectivity index (χ0n) is 11.2. The van der Waals surface area contributed by atoms with Crippen LogP contribution in [0.25, 0.3) is 0 Å². The molecule has 0 radical (unpaired) electrons. The summed E-state index contributed by atoms with van der Waals surface area (Å²) in [5, 5.41) is 4.22. The molecular formula is C13H19ClN2O2S. The van der Waals surface area contributed by atoms with Crippen molar-refractivity contribution < 1.29 is 9.53 Å². The lowest BCUT2D eigenvalue weighted by molar-refractivity contribution is 0.0606. The first kappa shape index (κ1) is 14.6. The van der Waals surface area contributed by atoms with E-state index in [-0.39, 0.29) is 5.15 Å². The van der Waals surface area contributed by atoms with Gasteiger partial charge >= 0.3 is 5.97 Å². The van der Waals surface area contributed by atoms with Crippen LogP contribution in [0.15, 0.2) is 0 Å². The van der Waals surface area contributed by atoms with Gasteiger partial charge in [0.25, 0.3) is 0 Å². The lowest BCUT2D eigenvalue weighted by Gasteiger charge is -2.28. The summed E-state index contributed by atoms with van der Waals surface area (Å²) in [5.74, 6) is 0.997. The van der Waals surface area contributed by atoms with Gasteiger partial charge in [0.1, 0.15) is 0 Å². The van der Waals surface area contributed by atoms with Crippen molar-refractivity contribution >= 4 is 34.0 Å². The molecule has 6 heteroatoms. The predicted molar refractivity (Wildman–Crippen MR) is 78.1 cm³/mol. The Hall–Kier alpha value is -0.810. The molecule has 4 nitrogen and oxygen atoms in total. The van der Waals surface area contributed by atoms with Crippen molar-refractivity contribution in [2.45, 2.75) is 32.6 Å². The average Bonchev–Trinajstić information content (AvgIpc) is 2.78. The molecule has 1 aromatic rings. The fourth-order valence-electron chi connectivity index (χ4n) is 2.51. The van der Waals surface area contributed by atoms with E-state index in [1.54, 1.807) is 0 Å². The summed E-state index contributed by atoms with van der Waals surface area (Å²) in [5.41, 5.74) is 0. The van der Waals surface area contributed by atoms with E-state index >= 15 is 0 Å². The Kier molecular flexibility index (Phi) is 5.05. The van der Waals surface area contributed by atoms with Crippen molar-refractivity contribution in [3.63, 3.8) is 0 Å². The summed E-state index contributed by atoms with van der Waals surface area (Å²) in [6.07, 6.45) is 5.21. The fraction of sp³-hybridized carbons (Fsp3) is 0.692. The quantitative estimate of drug-likeness (QED) is 0.859. The van der Waals surface area contributed by atoms with Crippen molar-refractivity contribution in [3.8, 4) is 0 Å². The number of esters is 1. The van der Waals surface area contributed by atoms with Gasteiger partial charge in [-0.25, -0.2) is 9.78 Å². The summed E-state index contributed by atoms with van der Waals surface area (Å²) in [7, 11) is 1.34. The molecule has 2 rings (SSSR count). The van der Waals surface area contributed by atoms with E-state index in [0.717, 1.165) is 12.5 Å². The van der Waals surface area contributed by atoms with Crippen molar-refractivity contribution in [2.24, 2.45) is 11.8 Å². The topological polar surface area (TPSA) is 51.2 Å². The van der Waals surface area contributed by atoms with Crippen LogP contribution in [0.2, 0.25) is 5.15 Å². The zero-order valence-corrected chi connectivity index (χ0v) is 12.8. The highest BCUT2D eigenvalue weighted by Gasteiger charge is 2.22. The molecule has 2 atom stereocenters. The van der Waals surface area contributed by atoms with Crippen molar-refractivity contribution in [1.29, 1.82) is 0 Å². The molecule has 1 fully saturated rings. The minimum Gasteiger partial charge on any atom is -0.465 e.